The fraction of sp³-hybridized carbons (Fsp3) is 0.625. The summed E-state index contributed by atoms with van der Waals surface area (Å²) in [5, 5.41) is 9.67. The smallest absolute Gasteiger partial charge is 0.0679 e. The van der Waals surface area contributed by atoms with Crippen molar-refractivity contribution in [1.82, 2.24) is 4.90 Å². The molecule has 2 atom stereocenters. The Hall–Kier alpha value is -0.860. The molecule has 2 aliphatic rings. The summed E-state index contributed by atoms with van der Waals surface area (Å²) in [4.78, 5) is 2.50. The van der Waals surface area contributed by atoms with Gasteiger partial charge in [0.1, 0.15) is 0 Å². The van der Waals surface area contributed by atoms with Gasteiger partial charge in [0.25, 0.3) is 0 Å². The van der Waals surface area contributed by atoms with Gasteiger partial charge in [-0.15, -0.1) is 0 Å². The molecule has 18 heavy (non-hydrogen) atoms. The molecular formula is C16H23NO. The number of benzene rings is 1. The normalized spacial score (nSPS) is 29.0. The predicted molar refractivity (Wildman–Crippen MR) is 73.8 cm³/mol. The van der Waals surface area contributed by atoms with Gasteiger partial charge in [0, 0.05) is 19.1 Å². The van der Waals surface area contributed by atoms with Crippen LogP contribution in [0.2, 0.25) is 0 Å². The highest BCUT2D eigenvalue weighted by molar-refractivity contribution is 5.32. The van der Waals surface area contributed by atoms with Crippen molar-refractivity contribution in [2.75, 3.05) is 13.1 Å². The number of aryl methyl sites for hydroxylation is 3. The van der Waals surface area contributed by atoms with Crippen LogP contribution in [0.3, 0.4) is 0 Å². The molecule has 0 bridgehead atoms. The van der Waals surface area contributed by atoms with Gasteiger partial charge in [-0.25, -0.2) is 0 Å². The van der Waals surface area contributed by atoms with Crippen LogP contribution in [0.4, 0.5) is 0 Å². The second kappa shape index (κ2) is 5.02. The summed E-state index contributed by atoms with van der Waals surface area (Å²) in [6, 6.07) is 7.58. The Balaban J connectivity index is 1.71. The molecule has 0 aromatic heterocycles. The van der Waals surface area contributed by atoms with Crippen molar-refractivity contribution in [3.05, 3.63) is 34.9 Å². The summed E-state index contributed by atoms with van der Waals surface area (Å²) in [6.45, 7) is 4.15. The number of hydrogen-bond acceptors (Lipinski definition) is 2. The summed E-state index contributed by atoms with van der Waals surface area (Å²) in [7, 11) is 0. The quantitative estimate of drug-likeness (QED) is 0.768. The SMILES string of the molecule is Cc1ccc2c(c1)CCC(N1CC[C@@H](O)C1)CC2. The largest absolute Gasteiger partial charge is 0.392 e. The van der Waals surface area contributed by atoms with Gasteiger partial charge in [-0.05, 0) is 50.2 Å². The minimum absolute atomic E-state index is 0.0853. The fourth-order valence-electron chi connectivity index (χ4n) is 3.48. The van der Waals surface area contributed by atoms with Crippen LogP contribution in [-0.4, -0.2) is 35.2 Å². The summed E-state index contributed by atoms with van der Waals surface area (Å²) >= 11 is 0. The molecule has 1 fully saturated rings. The van der Waals surface area contributed by atoms with E-state index in [1.165, 1.54) is 31.2 Å². The molecule has 98 valence electrons. The van der Waals surface area contributed by atoms with Crippen LogP contribution in [0.1, 0.15) is 36.0 Å². The van der Waals surface area contributed by atoms with Crippen molar-refractivity contribution in [3.63, 3.8) is 0 Å². The number of hydrogen-bond donors (Lipinski definition) is 1. The van der Waals surface area contributed by atoms with Gasteiger partial charge < -0.3 is 5.11 Å². The van der Waals surface area contributed by atoms with Gasteiger partial charge in [-0.2, -0.15) is 0 Å². The Morgan fingerprint density at radius 3 is 2.61 bits per heavy atom. The molecule has 3 rings (SSSR count). The standard InChI is InChI=1S/C16H23NO/c1-12-2-3-13-4-6-15(7-5-14(13)10-12)17-9-8-16(18)11-17/h2-3,10,15-16,18H,4-9,11H2,1H3/t15?,16-/m1/s1. The molecule has 0 radical (unpaired) electrons. The number of β-amino-alcohol motifs (C(OH)–C–C–N with tert-alkyl or cyclic N) is 1. The molecule has 1 unspecified atom stereocenters. The van der Waals surface area contributed by atoms with Gasteiger partial charge in [-0.3, -0.25) is 4.90 Å². The Morgan fingerprint density at radius 1 is 1.11 bits per heavy atom. The number of rotatable bonds is 1. The maximum atomic E-state index is 9.67. The fourth-order valence-corrected chi connectivity index (χ4v) is 3.48. The van der Waals surface area contributed by atoms with E-state index in [1.54, 1.807) is 11.1 Å². The third kappa shape index (κ3) is 2.45. The lowest BCUT2D eigenvalue weighted by Gasteiger charge is -2.26. The van der Waals surface area contributed by atoms with E-state index >= 15 is 0 Å². The van der Waals surface area contributed by atoms with E-state index in [1.807, 2.05) is 0 Å². The molecule has 1 saturated heterocycles. The van der Waals surface area contributed by atoms with Crippen LogP contribution < -0.4 is 0 Å². The highest BCUT2D eigenvalue weighted by Gasteiger charge is 2.28. The monoisotopic (exact) mass is 245 g/mol. The van der Waals surface area contributed by atoms with E-state index in [0.29, 0.717) is 6.04 Å². The third-order valence-electron chi connectivity index (χ3n) is 4.57. The molecule has 0 spiro atoms. The Labute approximate surface area is 110 Å². The van der Waals surface area contributed by atoms with E-state index in [2.05, 4.69) is 30.0 Å². The lowest BCUT2D eigenvalue weighted by molar-refractivity contribution is 0.153. The van der Waals surface area contributed by atoms with Crippen molar-refractivity contribution in [2.24, 2.45) is 0 Å². The first kappa shape index (κ1) is 12.2. The number of aliphatic hydroxyl groups is 1. The van der Waals surface area contributed by atoms with Crippen molar-refractivity contribution in [3.8, 4) is 0 Å². The van der Waals surface area contributed by atoms with E-state index in [4.69, 9.17) is 0 Å². The molecule has 1 heterocycles. The molecule has 0 saturated carbocycles. The number of aliphatic hydroxyl groups excluding tert-OH is 1. The molecule has 2 heteroatoms. The second-order valence-electron chi connectivity index (χ2n) is 5.94. The highest BCUT2D eigenvalue weighted by atomic mass is 16.3. The minimum Gasteiger partial charge on any atom is -0.392 e. The summed E-state index contributed by atoms with van der Waals surface area (Å²) in [5.41, 5.74) is 4.48. The number of likely N-dealkylation sites (tertiary alicyclic amines) is 1. The molecule has 1 N–H and O–H groups in total. The molecule has 1 aromatic carbocycles. The predicted octanol–water partition coefficient (Wildman–Crippen LogP) is 2.31. The van der Waals surface area contributed by atoms with Crippen LogP contribution >= 0.6 is 0 Å². The third-order valence-corrected chi connectivity index (χ3v) is 4.57. The molecule has 1 aliphatic heterocycles. The first-order chi connectivity index (χ1) is 8.72. The molecule has 1 aromatic rings. The Morgan fingerprint density at radius 2 is 1.89 bits per heavy atom. The summed E-state index contributed by atoms with van der Waals surface area (Å²) in [5.74, 6) is 0. The van der Waals surface area contributed by atoms with Gasteiger partial charge in [0.2, 0.25) is 0 Å². The zero-order chi connectivity index (χ0) is 12.5. The number of fused-ring (bicyclic) bond motifs is 1. The van der Waals surface area contributed by atoms with Gasteiger partial charge in [0.15, 0.2) is 0 Å². The highest BCUT2D eigenvalue weighted by Crippen LogP contribution is 2.26. The lowest BCUT2D eigenvalue weighted by Crippen LogP contribution is -2.34. The first-order valence-corrected chi connectivity index (χ1v) is 7.23. The lowest BCUT2D eigenvalue weighted by atomic mass is 10.0. The maximum absolute atomic E-state index is 9.67. The van der Waals surface area contributed by atoms with Crippen molar-refractivity contribution in [2.45, 2.75) is 51.2 Å². The van der Waals surface area contributed by atoms with Crippen LogP contribution in [0, 0.1) is 6.92 Å². The molecule has 2 nitrogen and oxygen atoms in total. The van der Waals surface area contributed by atoms with Crippen molar-refractivity contribution < 1.29 is 5.11 Å². The average Bonchev–Trinajstić information content (AvgIpc) is 2.67. The van der Waals surface area contributed by atoms with Gasteiger partial charge >= 0.3 is 0 Å². The Kier molecular flexibility index (Phi) is 3.40. The Bertz CT molecular complexity index is 429. The van der Waals surface area contributed by atoms with Gasteiger partial charge in [0.05, 0.1) is 6.10 Å². The zero-order valence-corrected chi connectivity index (χ0v) is 11.2. The first-order valence-electron chi connectivity index (χ1n) is 7.23. The van der Waals surface area contributed by atoms with E-state index < -0.39 is 0 Å². The summed E-state index contributed by atoms with van der Waals surface area (Å²) in [6.07, 6.45) is 5.79. The molecule has 0 amide bonds. The molecule has 1 aliphatic carbocycles. The van der Waals surface area contributed by atoms with Crippen LogP contribution in [0.5, 0.6) is 0 Å². The zero-order valence-electron chi connectivity index (χ0n) is 11.2. The minimum atomic E-state index is -0.0853. The topological polar surface area (TPSA) is 23.5 Å². The van der Waals surface area contributed by atoms with Gasteiger partial charge in [-0.1, -0.05) is 23.8 Å². The molecular weight excluding hydrogens is 222 g/mol. The van der Waals surface area contributed by atoms with E-state index in [-0.39, 0.29) is 6.10 Å². The van der Waals surface area contributed by atoms with Crippen LogP contribution in [0.25, 0.3) is 0 Å². The van der Waals surface area contributed by atoms with Crippen LogP contribution in [0.15, 0.2) is 18.2 Å². The number of nitrogens with zero attached hydrogens (tertiary/aromatic N) is 1. The van der Waals surface area contributed by atoms with Crippen molar-refractivity contribution >= 4 is 0 Å². The van der Waals surface area contributed by atoms with E-state index in [0.717, 1.165) is 19.5 Å². The second-order valence-corrected chi connectivity index (χ2v) is 5.94. The maximum Gasteiger partial charge on any atom is 0.0679 e. The summed E-state index contributed by atoms with van der Waals surface area (Å²) < 4.78 is 0. The van der Waals surface area contributed by atoms with Crippen molar-refractivity contribution in [1.29, 1.82) is 0 Å². The van der Waals surface area contributed by atoms with E-state index in [9.17, 15) is 5.11 Å². The van der Waals surface area contributed by atoms with Crippen LogP contribution in [-0.2, 0) is 12.8 Å². The average molecular weight is 245 g/mol.